The van der Waals surface area contributed by atoms with Gasteiger partial charge < -0.3 is 14.6 Å². The van der Waals surface area contributed by atoms with E-state index >= 15 is 0 Å². The summed E-state index contributed by atoms with van der Waals surface area (Å²) in [7, 11) is 5.75. The summed E-state index contributed by atoms with van der Waals surface area (Å²) >= 11 is 0. The van der Waals surface area contributed by atoms with Crippen molar-refractivity contribution >= 4 is 10.9 Å². The third-order valence-corrected chi connectivity index (χ3v) is 8.93. The lowest BCUT2D eigenvalue weighted by molar-refractivity contribution is -0.0799. The average Bonchev–Trinajstić information content (AvgIpc) is 2.96. The largest absolute Gasteiger partial charge is 0.496 e. The molecule has 3 aliphatic heterocycles. The Labute approximate surface area is 218 Å². The van der Waals surface area contributed by atoms with Gasteiger partial charge in [-0.25, -0.2) is 0 Å². The van der Waals surface area contributed by atoms with Gasteiger partial charge in [0.15, 0.2) is 0 Å². The standard InChI is InChI=1S/C32H35N3O2/c1-33-32(30(22-10-6-4-7-11-22)23-12-8-5-9-13-23)31(24-16-18-35(32)19-17-24)26-21-27-25(20-28(26)37-3)14-15-29(36)34(27)2/h4-15,20-21,24,30-31,33H,16-19H2,1-3H3/t31-,32+/m0/s1. The van der Waals surface area contributed by atoms with E-state index in [1.165, 1.54) is 16.7 Å². The number of likely N-dealkylation sites (N-methyl/N-ethyl adjacent to an activating group) is 1. The predicted molar refractivity (Wildman–Crippen MR) is 149 cm³/mol. The number of piperidine rings is 3. The van der Waals surface area contributed by atoms with Crippen LogP contribution >= 0.6 is 0 Å². The molecule has 0 aliphatic carbocycles. The van der Waals surface area contributed by atoms with Gasteiger partial charge in [-0.15, -0.1) is 0 Å². The molecule has 5 heteroatoms. The Balaban J connectivity index is 1.65. The van der Waals surface area contributed by atoms with Crippen molar-refractivity contribution in [1.82, 2.24) is 14.8 Å². The van der Waals surface area contributed by atoms with Crippen LogP contribution in [0, 0.1) is 5.92 Å². The number of fused-ring (bicyclic) bond motifs is 4. The molecule has 37 heavy (non-hydrogen) atoms. The Morgan fingerprint density at radius 1 is 0.919 bits per heavy atom. The first-order chi connectivity index (χ1) is 18.1. The number of pyridine rings is 1. The van der Waals surface area contributed by atoms with Gasteiger partial charge in [-0.2, -0.15) is 0 Å². The zero-order valence-corrected chi connectivity index (χ0v) is 21.9. The minimum Gasteiger partial charge on any atom is -0.496 e. The highest BCUT2D eigenvalue weighted by molar-refractivity contribution is 5.82. The molecule has 4 heterocycles. The number of aryl methyl sites for hydroxylation is 1. The van der Waals surface area contributed by atoms with Crippen molar-refractivity contribution in [2.45, 2.75) is 30.3 Å². The van der Waals surface area contributed by atoms with Crippen LogP contribution in [-0.4, -0.2) is 42.4 Å². The highest BCUT2D eigenvalue weighted by Crippen LogP contribution is 2.57. The molecule has 3 aromatic carbocycles. The van der Waals surface area contributed by atoms with E-state index in [2.05, 4.69) is 90.1 Å². The molecule has 4 aromatic rings. The molecule has 0 unspecified atom stereocenters. The lowest BCUT2D eigenvalue weighted by Crippen LogP contribution is -2.71. The molecule has 190 valence electrons. The maximum atomic E-state index is 12.6. The van der Waals surface area contributed by atoms with Crippen LogP contribution in [0.1, 0.15) is 41.4 Å². The van der Waals surface area contributed by atoms with Gasteiger partial charge in [-0.05, 0) is 55.1 Å². The van der Waals surface area contributed by atoms with Crippen LogP contribution in [0.25, 0.3) is 10.9 Å². The lowest BCUT2D eigenvalue weighted by Gasteiger charge is -2.62. The van der Waals surface area contributed by atoms with Crippen molar-refractivity contribution < 1.29 is 4.74 Å². The molecule has 3 saturated heterocycles. The van der Waals surface area contributed by atoms with Crippen molar-refractivity contribution in [3.05, 3.63) is 112 Å². The minimum atomic E-state index is -0.363. The fourth-order valence-electron chi connectivity index (χ4n) is 7.30. The summed E-state index contributed by atoms with van der Waals surface area (Å²) in [6.07, 6.45) is 2.30. The second-order valence-corrected chi connectivity index (χ2v) is 10.5. The second kappa shape index (κ2) is 9.47. The number of methoxy groups -OCH3 is 1. The molecule has 0 spiro atoms. The fourth-order valence-corrected chi connectivity index (χ4v) is 7.30. The quantitative estimate of drug-likeness (QED) is 0.406. The fraction of sp³-hybridized carbons (Fsp3) is 0.344. The molecule has 0 saturated carbocycles. The van der Waals surface area contributed by atoms with Crippen molar-refractivity contribution in [3.63, 3.8) is 0 Å². The molecule has 5 nitrogen and oxygen atoms in total. The third kappa shape index (κ3) is 3.72. The monoisotopic (exact) mass is 493 g/mol. The summed E-state index contributed by atoms with van der Waals surface area (Å²) in [4.78, 5) is 15.3. The van der Waals surface area contributed by atoms with Gasteiger partial charge in [-0.1, -0.05) is 60.7 Å². The van der Waals surface area contributed by atoms with E-state index in [1.54, 1.807) is 17.7 Å². The normalized spacial score (nSPS) is 25.0. The molecule has 0 amide bonds. The number of nitrogens with zero attached hydrogens (tertiary/aromatic N) is 2. The van der Waals surface area contributed by atoms with Gasteiger partial charge in [0.25, 0.3) is 5.56 Å². The van der Waals surface area contributed by atoms with Gasteiger partial charge in [0.1, 0.15) is 5.75 Å². The summed E-state index contributed by atoms with van der Waals surface area (Å²) in [6, 6.07) is 29.7. The number of rotatable bonds is 6. The van der Waals surface area contributed by atoms with E-state index in [9.17, 15) is 4.79 Å². The van der Waals surface area contributed by atoms with E-state index in [0.717, 1.165) is 42.6 Å². The maximum absolute atomic E-state index is 12.6. The first kappa shape index (κ1) is 24.0. The van der Waals surface area contributed by atoms with Crippen LogP contribution in [-0.2, 0) is 7.05 Å². The van der Waals surface area contributed by atoms with Crippen LogP contribution in [0.2, 0.25) is 0 Å². The van der Waals surface area contributed by atoms with Gasteiger partial charge in [0.05, 0.1) is 18.3 Å². The van der Waals surface area contributed by atoms with E-state index < -0.39 is 0 Å². The molecule has 3 fully saturated rings. The number of ether oxygens (including phenoxy) is 1. The summed E-state index contributed by atoms with van der Waals surface area (Å²) in [5, 5.41) is 4.94. The number of aromatic nitrogens is 1. The molecule has 7 rings (SSSR count). The SMILES string of the molecule is CN[C@@]1(C(c2ccccc2)c2ccccc2)[C@H](c2cc3c(ccc(=O)n3C)cc2OC)C2CCN1CC2. The van der Waals surface area contributed by atoms with E-state index in [-0.39, 0.29) is 23.1 Å². The second-order valence-electron chi connectivity index (χ2n) is 10.5. The van der Waals surface area contributed by atoms with Crippen molar-refractivity contribution in [3.8, 4) is 5.75 Å². The van der Waals surface area contributed by atoms with Crippen molar-refractivity contribution in [2.24, 2.45) is 13.0 Å². The molecule has 1 aromatic heterocycles. The zero-order chi connectivity index (χ0) is 25.6. The van der Waals surface area contributed by atoms with E-state index in [0.29, 0.717) is 5.92 Å². The van der Waals surface area contributed by atoms with Crippen molar-refractivity contribution in [1.29, 1.82) is 0 Å². The Morgan fingerprint density at radius 2 is 1.54 bits per heavy atom. The Hall–Kier alpha value is -3.41. The summed E-state index contributed by atoms with van der Waals surface area (Å²) in [5.74, 6) is 1.66. The molecular formula is C32H35N3O2. The summed E-state index contributed by atoms with van der Waals surface area (Å²) in [6.45, 7) is 2.12. The molecule has 2 bridgehead atoms. The molecule has 0 radical (unpaired) electrons. The highest BCUT2D eigenvalue weighted by Gasteiger charge is 2.58. The minimum absolute atomic E-state index is 0.00357. The Kier molecular flexibility index (Phi) is 6.13. The highest BCUT2D eigenvalue weighted by atomic mass is 16.5. The van der Waals surface area contributed by atoms with Gasteiger partial charge in [0.2, 0.25) is 0 Å². The number of hydrogen-bond acceptors (Lipinski definition) is 4. The Morgan fingerprint density at radius 3 is 2.11 bits per heavy atom. The van der Waals surface area contributed by atoms with Crippen LogP contribution in [0.15, 0.2) is 89.7 Å². The smallest absolute Gasteiger partial charge is 0.250 e. The van der Waals surface area contributed by atoms with Gasteiger partial charge in [-0.3, -0.25) is 9.69 Å². The average molecular weight is 494 g/mol. The number of benzene rings is 3. The summed E-state index contributed by atoms with van der Waals surface area (Å²) < 4.78 is 7.84. The zero-order valence-electron chi connectivity index (χ0n) is 21.9. The van der Waals surface area contributed by atoms with E-state index in [4.69, 9.17) is 4.74 Å². The first-order valence-electron chi connectivity index (χ1n) is 13.3. The van der Waals surface area contributed by atoms with Crippen LogP contribution in [0.5, 0.6) is 5.75 Å². The lowest BCUT2D eigenvalue weighted by atomic mass is 9.60. The van der Waals surface area contributed by atoms with E-state index in [1.807, 2.05) is 13.1 Å². The van der Waals surface area contributed by atoms with Crippen LogP contribution in [0.3, 0.4) is 0 Å². The first-order valence-corrected chi connectivity index (χ1v) is 13.3. The van der Waals surface area contributed by atoms with Gasteiger partial charge >= 0.3 is 0 Å². The van der Waals surface area contributed by atoms with Gasteiger partial charge in [0, 0.05) is 49.0 Å². The van der Waals surface area contributed by atoms with Crippen molar-refractivity contribution in [2.75, 3.05) is 27.2 Å². The molecule has 2 atom stereocenters. The molecule has 1 N–H and O–H groups in total. The Bertz CT molecular complexity index is 1420. The summed E-state index contributed by atoms with van der Waals surface area (Å²) in [5.41, 5.74) is 4.36. The topological polar surface area (TPSA) is 46.5 Å². The van der Waals surface area contributed by atoms with Crippen LogP contribution < -0.4 is 15.6 Å². The number of nitrogens with one attached hydrogen (secondary N) is 1. The number of hydrogen-bond donors (Lipinski definition) is 1. The molecular weight excluding hydrogens is 458 g/mol. The third-order valence-electron chi connectivity index (χ3n) is 8.93. The van der Waals surface area contributed by atoms with Crippen LogP contribution in [0.4, 0.5) is 0 Å². The predicted octanol–water partition coefficient (Wildman–Crippen LogP) is 5.10. The maximum Gasteiger partial charge on any atom is 0.250 e. The molecule has 3 aliphatic rings.